The molecule has 4 heteroatoms. The van der Waals surface area contributed by atoms with Crippen LogP contribution in [0.25, 0.3) is 10.9 Å². The number of aryl methyl sites for hydroxylation is 1. The number of hydrogen-bond acceptors (Lipinski definition) is 2. The Morgan fingerprint density at radius 1 is 1.40 bits per heavy atom. The van der Waals surface area contributed by atoms with Gasteiger partial charge in [0.15, 0.2) is 5.82 Å². The molecule has 106 valence electrons. The molecular weight excluding hydrogens is 250 g/mol. The van der Waals surface area contributed by atoms with Crippen molar-refractivity contribution >= 4 is 22.6 Å². The van der Waals surface area contributed by atoms with E-state index in [9.17, 15) is 4.79 Å². The van der Waals surface area contributed by atoms with E-state index in [4.69, 9.17) is 0 Å². The maximum atomic E-state index is 12.1. The van der Waals surface area contributed by atoms with E-state index in [0.29, 0.717) is 5.82 Å². The molecule has 2 rings (SSSR count). The number of aromatic nitrogens is 2. The Labute approximate surface area is 119 Å². The number of fused-ring (bicyclic) bond motifs is 1. The van der Waals surface area contributed by atoms with E-state index in [2.05, 4.69) is 17.0 Å². The molecule has 0 saturated carbocycles. The number of para-hydroxylation sites is 1. The van der Waals surface area contributed by atoms with Gasteiger partial charge in [-0.25, -0.2) is 0 Å². The number of carbonyl (C=O) groups is 1. The number of amides is 1. The first-order valence-corrected chi connectivity index (χ1v) is 6.81. The second kappa shape index (κ2) is 5.49. The zero-order chi connectivity index (χ0) is 14.8. The third-order valence-corrected chi connectivity index (χ3v) is 3.12. The molecule has 0 aliphatic carbocycles. The van der Waals surface area contributed by atoms with Gasteiger partial charge in [-0.1, -0.05) is 39.0 Å². The number of rotatable bonds is 4. The van der Waals surface area contributed by atoms with E-state index in [-0.39, 0.29) is 5.91 Å². The molecule has 0 saturated heterocycles. The van der Waals surface area contributed by atoms with Crippen LogP contribution in [-0.4, -0.2) is 15.7 Å². The summed E-state index contributed by atoms with van der Waals surface area (Å²) in [4.78, 5) is 12.1. The molecule has 1 N–H and O–H groups in total. The summed E-state index contributed by atoms with van der Waals surface area (Å²) in [6, 6.07) is 7.92. The molecule has 1 heterocycles. The lowest BCUT2D eigenvalue weighted by atomic mass is 9.96. The number of anilines is 1. The third kappa shape index (κ3) is 2.90. The smallest absolute Gasteiger partial charge is 0.230 e. The average molecular weight is 271 g/mol. The van der Waals surface area contributed by atoms with Crippen molar-refractivity contribution in [1.29, 1.82) is 0 Å². The molecule has 0 radical (unpaired) electrons. The molecule has 0 unspecified atom stereocenters. The van der Waals surface area contributed by atoms with Crippen LogP contribution in [-0.2, 0) is 11.3 Å². The summed E-state index contributed by atoms with van der Waals surface area (Å²) in [6.07, 6.45) is 2.71. The van der Waals surface area contributed by atoms with E-state index >= 15 is 0 Å². The summed E-state index contributed by atoms with van der Waals surface area (Å²) in [5.41, 5.74) is 0.588. The molecule has 0 aliphatic rings. The first kappa shape index (κ1) is 14.3. The van der Waals surface area contributed by atoms with Crippen molar-refractivity contribution < 1.29 is 4.79 Å². The minimum Gasteiger partial charge on any atom is -0.308 e. The molecule has 4 nitrogen and oxygen atoms in total. The van der Waals surface area contributed by atoms with Crippen LogP contribution in [0.4, 0.5) is 5.82 Å². The van der Waals surface area contributed by atoms with Crippen LogP contribution >= 0.6 is 0 Å². The fourth-order valence-corrected chi connectivity index (χ4v) is 1.90. The zero-order valence-corrected chi connectivity index (χ0v) is 12.3. The number of nitrogens with one attached hydrogen (secondary N) is 1. The average Bonchev–Trinajstić information content (AvgIpc) is 2.74. The van der Waals surface area contributed by atoms with E-state index in [0.717, 1.165) is 23.9 Å². The van der Waals surface area contributed by atoms with Crippen LogP contribution in [0.2, 0.25) is 0 Å². The van der Waals surface area contributed by atoms with Crippen LogP contribution in [0, 0.1) is 5.41 Å². The monoisotopic (exact) mass is 271 g/mol. The fourth-order valence-electron chi connectivity index (χ4n) is 1.90. The summed E-state index contributed by atoms with van der Waals surface area (Å²) in [5, 5.41) is 8.41. The summed E-state index contributed by atoms with van der Waals surface area (Å²) in [7, 11) is 0. The van der Waals surface area contributed by atoms with Crippen LogP contribution in [0.15, 0.2) is 36.9 Å². The zero-order valence-electron chi connectivity index (χ0n) is 12.3. The maximum Gasteiger partial charge on any atom is 0.230 e. The normalized spacial score (nSPS) is 11.6. The molecule has 1 aromatic carbocycles. The summed E-state index contributed by atoms with van der Waals surface area (Å²) >= 11 is 0. The molecule has 0 atom stereocenters. The number of allylic oxidation sites excluding steroid dienone is 1. The Kier molecular flexibility index (Phi) is 3.93. The molecular formula is C16H21N3O. The molecule has 0 spiro atoms. The Balaban J connectivity index is 2.38. The van der Waals surface area contributed by atoms with Crippen molar-refractivity contribution in [3.8, 4) is 0 Å². The molecule has 2 aromatic rings. The van der Waals surface area contributed by atoms with Crippen molar-refractivity contribution in [3.05, 3.63) is 36.9 Å². The second-order valence-electron chi connectivity index (χ2n) is 5.87. The van der Waals surface area contributed by atoms with Crippen molar-refractivity contribution in [1.82, 2.24) is 9.78 Å². The van der Waals surface area contributed by atoms with Gasteiger partial charge < -0.3 is 5.32 Å². The fraction of sp³-hybridized carbons (Fsp3) is 0.375. The van der Waals surface area contributed by atoms with Crippen molar-refractivity contribution in [2.24, 2.45) is 5.41 Å². The Morgan fingerprint density at radius 3 is 2.75 bits per heavy atom. The number of nitrogens with zero attached hydrogens (tertiary/aromatic N) is 2. The predicted octanol–water partition coefficient (Wildman–Crippen LogP) is 3.60. The van der Waals surface area contributed by atoms with E-state index < -0.39 is 5.41 Å². The van der Waals surface area contributed by atoms with Crippen molar-refractivity contribution in [3.63, 3.8) is 0 Å². The highest BCUT2D eigenvalue weighted by atomic mass is 16.2. The standard InChI is InChI=1S/C16H21N3O/c1-5-6-11-19-13-10-8-7-9-12(13)14(18-19)17-15(20)16(2,3)4/h5,7-10H,1,6,11H2,2-4H3,(H,17,18,20). The molecule has 0 fully saturated rings. The molecule has 1 aromatic heterocycles. The van der Waals surface area contributed by atoms with Gasteiger partial charge in [-0.3, -0.25) is 9.48 Å². The lowest BCUT2D eigenvalue weighted by Crippen LogP contribution is -2.27. The largest absolute Gasteiger partial charge is 0.308 e. The Bertz CT molecular complexity index is 635. The lowest BCUT2D eigenvalue weighted by Gasteiger charge is -2.16. The Hall–Kier alpha value is -2.10. The van der Waals surface area contributed by atoms with Gasteiger partial charge in [0.2, 0.25) is 5.91 Å². The van der Waals surface area contributed by atoms with Crippen LogP contribution in [0.5, 0.6) is 0 Å². The minimum atomic E-state index is -0.438. The van der Waals surface area contributed by atoms with E-state index in [1.54, 1.807) is 0 Å². The number of hydrogen-bond donors (Lipinski definition) is 1. The highest BCUT2D eigenvalue weighted by Gasteiger charge is 2.23. The van der Waals surface area contributed by atoms with Gasteiger partial charge in [-0.15, -0.1) is 6.58 Å². The highest BCUT2D eigenvalue weighted by molar-refractivity contribution is 6.01. The summed E-state index contributed by atoms with van der Waals surface area (Å²) < 4.78 is 1.91. The van der Waals surface area contributed by atoms with Crippen LogP contribution in [0.3, 0.4) is 0 Å². The lowest BCUT2D eigenvalue weighted by molar-refractivity contribution is -0.123. The van der Waals surface area contributed by atoms with Crippen LogP contribution in [0.1, 0.15) is 27.2 Å². The van der Waals surface area contributed by atoms with Gasteiger partial charge in [-0.2, -0.15) is 5.10 Å². The van der Waals surface area contributed by atoms with Crippen LogP contribution < -0.4 is 5.32 Å². The number of benzene rings is 1. The maximum absolute atomic E-state index is 12.1. The van der Waals surface area contributed by atoms with Gasteiger partial charge >= 0.3 is 0 Å². The van der Waals surface area contributed by atoms with Gasteiger partial charge in [-0.05, 0) is 18.6 Å². The van der Waals surface area contributed by atoms with Crippen molar-refractivity contribution in [2.75, 3.05) is 5.32 Å². The SMILES string of the molecule is C=CCCn1nc(NC(=O)C(C)(C)C)c2ccccc21. The number of carbonyl (C=O) groups excluding carboxylic acids is 1. The molecule has 0 aliphatic heterocycles. The molecule has 20 heavy (non-hydrogen) atoms. The highest BCUT2D eigenvalue weighted by Crippen LogP contribution is 2.25. The Morgan fingerprint density at radius 2 is 2.10 bits per heavy atom. The first-order chi connectivity index (χ1) is 9.43. The van der Waals surface area contributed by atoms with Gasteiger partial charge in [0.1, 0.15) is 0 Å². The first-order valence-electron chi connectivity index (χ1n) is 6.81. The van der Waals surface area contributed by atoms with Crippen molar-refractivity contribution in [2.45, 2.75) is 33.7 Å². The molecule has 0 bridgehead atoms. The molecule has 1 amide bonds. The third-order valence-electron chi connectivity index (χ3n) is 3.12. The quantitative estimate of drug-likeness (QED) is 0.864. The van der Waals surface area contributed by atoms with Gasteiger partial charge in [0.25, 0.3) is 0 Å². The second-order valence-corrected chi connectivity index (χ2v) is 5.87. The van der Waals surface area contributed by atoms with Gasteiger partial charge in [0, 0.05) is 17.3 Å². The van der Waals surface area contributed by atoms with Gasteiger partial charge in [0.05, 0.1) is 5.52 Å². The van der Waals surface area contributed by atoms with E-state index in [1.165, 1.54) is 0 Å². The topological polar surface area (TPSA) is 46.9 Å². The minimum absolute atomic E-state index is 0.0309. The predicted molar refractivity (Wildman–Crippen MR) is 82.6 cm³/mol. The van der Waals surface area contributed by atoms with E-state index in [1.807, 2.05) is 55.8 Å². The summed E-state index contributed by atoms with van der Waals surface area (Å²) in [5.74, 6) is 0.598. The summed E-state index contributed by atoms with van der Waals surface area (Å²) in [6.45, 7) is 10.2.